The molecule has 1 rings (SSSR count). The lowest BCUT2D eigenvalue weighted by Crippen LogP contribution is -2.39. The second-order valence-corrected chi connectivity index (χ2v) is 4.50. The molecule has 0 saturated heterocycles. The van der Waals surface area contributed by atoms with E-state index in [0.717, 1.165) is 3.57 Å². The summed E-state index contributed by atoms with van der Waals surface area (Å²) >= 11 is 7.06. The van der Waals surface area contributed by atoms with Crippen molar-refractivity contribution >= 4 is 45.8 Å². The maximum Gasteiger partial charge on any atom is 0.258 e. The summed E-state index contributed by atoms with van der Waals surface area (Å²) in [5, 5.41) is 5.74. The van der Waals surface area contributed by atoms with Crippen LogP contribution in [-0.4, -0.2) is 17.6 Å². The highest BCUT2D eigenvalue weighted by Gasteiger charge is 2.09. The number of carbonyl (C=O) groups is 1. The number of hydrogen-bond donors (Lipinski definition) is 2. The molecule has 1 aromatic carbocycles. The second-order valence-electron chi connectivity index (χ2n) is 2.93. The standard InChI is InChI=1S/C11H11IN2OS/c1-2-7-13-11(16)14-10(15)8-5-3-4-6-9(8)12/h2-6H,1,7H2,(H2,13,14,15,16). The molecular weight excluding hydrogens is 335 g/mol. The summed E-state index contributed by atoms with van der Waals surface area (Å²) in [7, 11) is 0. The van der Waals surface area contributed by atoms with Crippen LogP contribution in [0.3, 0.4) is 0 Å². The van der Waals surface area contributed by atoms with Crippen LogP contribution in [0.1, 0.15) is 10.4 Å². The van der Waals surface area contributed by atoms with Crippen molar-refractivity contribution in [1.82, 2.24) is 10.6 Å². The van der Waals surface area contributed by atoms with Gasteiger partial charge in [-0.05, 0) is 46.9 Å². The molecule has 1 amide bonds. The predicted molar refractivity (Wildman–Crippen MR) is 77.4 cm³/mol. The van der Waals surface area contributed by atoms with Gasteiger partial charge in [0.1, 0.15) is 0 Å². The van der Waals surface area contributed by atoms with Crippen LogP contribution in [0.4, 0.5) is 0 Å². The number of thiocarbonyl (C=S) groups is 1. The van der Waals surface area contributed by atoms with E-state index < -0.39 is 0 Å². The van der Waals surface area contributed by atoms with Crippen LogP contribution in [0.25, 0.3) is 0 Å². The second kappa shape index (κ2) is 6.59. The molecule has 0 aromatic heterocycles. The minimum Gasteiger partial charge on any atom is -0.359 e. The fourth-order valence-corrected chi connectivity index (χ4v) is 1.83. The molecule has 0 aliphatic carbocycles. The van der Waals surface area contributed by atoms with Gasteiger partial charge in [0.15, 0.2) is 5.11 Å². The van der Waals surface area contributed by atoms with E-state index in [2.05, 4.69) is 39.8 Å². The molecular formula is C11H11IN2OS. The van der Waals surface area contributed by atoms with Crippen molar-refractivity contribution in [2.24, 2.45) is 0 Å². The highest BCUT2D eigenvalue weighted by Crippen LogP contribution is 2.10. The molecule has 0 atom stereocenters. The number of benzene rings is 1. The number of amides is 1. The number of nitrogens with one attached hydrogen (secondary N) is 2. The number of halogens is 1. The summed E-state index contributed by atoms with van der Waals surface area (Å²) in [5.74, 6) is -0.202. The first-order valence-electron chi connectivity index (χ1n) is 4.59. The minimum absolute atomic E-state index is 0.202. The van der Waals surface area contributed by atoms with Crippen LogP contribution in [0.2, 0.25) is 0 Å². The molecule has 0 aliphatic heterocycles. The molecule has 16 heavy (non-hydrogen) atoms. The molecule has 2 N–H and O–H groups in total. The van der Waals surface area contributed by atoms with E-state index in [4.69, 9.17) is 12.2 Å². The lowest BCUT2D eigenvalue weighted by atomic mass is 10.2. The van der Waals surface area contributed by atoms with Crippen molar-refractivity contribution in [2.75, 3.05) is 6.54 Å². The van der Waals surface area contributed by atoms with Gasteiger partial charge in [-0.25, -0.2) is 0 Å². The normalized spacial score (nSPS) is 9.31. The summed E-state index contributed by atoms with van der Waals surface area (Å²) < 4.78 is 0.893. The molecule has 0 fully saturated rings. The molecule has 84 valence electrons. The Morgan fingerprint density at radius 2 is 2.19 bits per heavy atom. The fraction of sp³-hybridized carbons (Fsp3) is 0.0909. The third kappa shape index (κ3) is 3.90. The first-order chi connectivity index (χ1) is 7.65. The number of hydrogen-bond acceptors (Lipinski definition) is 2. The molecule has 3 nitrogen and oxygen atoms in total. The predicted octanol–water partition coefficient (Wildman–Crippen LogP) is 2.08. The van der Waals surface area contributed by atoms with Crippen molar-refractivity contribution in [2.45, 2.75) is 0 Å². The molecule has 0 bridgehead atoms. The lowest BCUT2D eigenvalue weighted by Gasteiger charge is -2.08. The zero-order chi connectivity index (χ0) is 12.0. The third-order valence-electron chi connectivity index (χ3n) is 1.75. The Morgan fingerprint density at radius 1 is 1.50 bits per heavy atom. The summed E-state index contributed by atoms with van der Waals surface area (Å²) in [5.41, 5.74) is 0.617. The van der Waals surface area contributed by atoms with E-state index in [1.807, 2.05) is 18.2 Å². The van der Waals surface area contributed by atoms with Gasteiger partial charge in [0, 0.05) is 10.1 Å². The van der Waals surface area contributed by atoms with Crippen LogP contribution in [0, 0.1) is 3.57 Å². The molecule has 0 heterocycles. The van der Waals surface area contributed by atoms with Crippen LogP contribution in [0.15, 0.2) is 36.9 Å². The fourth-order valence-electron chi connectivity index (χ4n) is 1.02. The summed E-state index contributed by atoms with van der Waals surface area (Å²) in [6, 6.07) is 7.33. The van der Waals surface area contributed by atoms with Gasteiger partial charge in [-0.1, -0.05) is 18.2 Å². The average Bonchev–Trinajstić information content (AvgIpc) is 2.26. The quantitative estimate of drug-likeness (QED) is 0.500. The first-order valence-corrected chi connectivity index (χ1v) is 6.08. The van der Waals surface area contributed by atoms with Crippen LogP contribution < -0.4 is 10.6 Å². The van der Waals surface area contributed by atoms with Gasteiger partial charge in [0.25, 0.3) is 5.91 Å². The molecule has 0 unspecified atom stereocenters. The van der Waals surface area contributed by atoms with Crippen molar-refractivity contribution in [3.8, 4) is 0 Å². The van der Waals surface area contributed by atoms with E-state index in [0.29, 0.717) is 17.2 Å². The summed E-state index contributed by atoms with van der Waals surface area (Å²) in [6.45, 7) is 4.08. The van der Waals surface area contributed by atoms with E-state index in [1.165, 1.54) is 0 Å². The van der Waals surface area contributed by atoms with Crippen molar-refractivity contribution < 1.29 is 4.79 Å². The Kier molecular flexibility index (Phi) is 5.41. The van der Waals surface area contributed by atoms with Gasteiger partial charge in [0.05, 0.1) is 5.56 Å². The molecule has 0 saturated carbocycles. The Labute approximate surface area is 113 Å². The number of carbonyl (C=O) groups excluding carboxylic acids is 1. The Morgan fingerprint density at radius 3 is 2.81 bits per heavy atom. The van der Waals surface area contributed by atoms with Crippen molar-refractivity contribution in [3.05, 3.63) is 46.1 Å². The minimum atomic E-state index is -0.202. The molecule has 5 heteroatoms. The monoisotopic (exact) mass is 346 g/mol. The molecule has 1 aromatic rings. The molecule has 0 spiro atoms. The van der Waals surface area contributed by atoms with E-state index in [9.17, 15) is 4.79 Å². The Bertz CT molecular complexity index is 420. The smallest absolute Gasteiger partial charge is 0.258 e. The van der Waals surface area contributed by atoms with Crippen LogP contribution >= 0.6 is 34.8 Å². The summed E-state index contributed by atoms with van der Waals surface area (Å²) in [4.78, 5) is 11.8. The zero-order valence-corrected chi connectivity index (χ0v) is 11.5. The highest BCUT2D eigenvalue weighted by molar-refractivity contribution is 14.1. The molecule has 0 aliphatic rings. The highest BCUT2D eigenvalue weighted by atomic mass is 127. The van der Waals surface area contributed by atoms with E-state index in [-0.39, 0.29) is 5.91 Å². The average molecular weight is 346 g/mol. The van der Waals surface area contributed by atoms with Crippen molar-refractivity contribution in [3.63, 3.8) is 0 Å². The first kappa shape index (κ1) is 13.1. The van der Waals surface area contributed by atoms with Gasteiger partial charge in [0.2, 0.25) is 0 Å². The maximum absolute atomic E-state index is 11.8. The third-order valence-corrected chi connectivity index (χ3v) is 2.94. The Balaban J connectivity index is 2.62. The molecule has 0 radical (unpaired) electrons. The van der Waals surface area contributed by atoms with E-state index >= 15 is 0 Å². The van der Waals surface area contributed by atoms with Gasteiger partial charge in [-0.2, -0.15) is 0 Å². The maximum atomic E-state index is 11.8. The van der Waals surface area contributed by atoms with Crippen LogP contribution in [-0.2, 0) is 0 Å². The topological polar surface area (TPSA) is 41.1 Å². The zero-order valence-electron chi connectivity index (χ0n) is 8.50. The van der Waals surface area contributed by atoms with E-state index in [1.54, 1.807) is 12.1 Å². The lowest BCUT2D eigenvalue weighted by molar-refractivity contribution is 0.0976. The SMILES string of the molecule is C=CCNC(=S)NC(=O)c1ccccc1I. The van der Waals surface area contributed by atoms with Gasteiger partial charge >= 0.3 is 0 Å². The van der Waals surface area contributed by atoms with Crippen molar-refractivity contribution in [1.29, 1.82) is 0 Å². The van der Waals surface area contributed by atoms with Gasteiger partial charge in [-0.3, -0.25) is 10.1 Å². The van der Waals surface area contributed by atoms with Crippen LogP contribution in [0.5, 0.6) is 0 Å². The largest absolute Gasteiger partial charge is 0.359 e. The van der Waals surface area contributed by atoms with Gasteiger partial charge in [-0.15, -0.1) is 6.58 Å². The number of rotatable bonds is 3. The van der Waals surface area contributed by atoms with Gasteiger partial charge < -0.3 is 5.32 Å². The Hall–Kier alpha value is -0.950. The summed E-state index contributed by atoms with van der Waals surface area (Å²) in [6.07, 6.45) is 1.67.